The topological polar surface area (TPSA) is 45.1 Å². The van der Waals surface area contributed by atoms with Gasteiger partial charge in [-0.15, -0.1) is 0 Å². The van der Waals surface area contributed by atoms with Crippen LogP contribution in [0.3, 0.4) is 0 Å². The molecule has 1 aliphatic heterocycles. The normalized spacial score (nSPS) is 23.8. The van der Waals surface area contributed by atoms with Crippen LogP contribution >= 0.6 is 0 Å². The number of nitrogens with one attached hydrogen (secondary N) is 1. The zero-order valence-electron chi connectivity index (χ0n) is 9.82. The maximum absolute atomic E-state index is 10.3. The van der Waals surface area contributed by atoms with Crippen molar-refractivity contribution in [1.82, 2.24) is 10.3 Å². The van der Waals surface area contributed by atoms with Crippen molar-refractivity contribution in [2.75, 3.05) is 6.54 Å². The zero-order valence-corrected chi connectivity index (χ0v) is 9.82. The van der Waals surface area contributed by atoms with Gasteiger partial charge in [-0.25, -0.2) is 0 Å². The van der Waals surface area contributed by atoms with E-state index in [0.717, 1.165) is 24.2 Å². The maximum atomic E-state index is 10.3. The molecular weight excluding hydrogens is 200 g/mol. The Hall–Kier alpha value is -0.930. The van der Waals surface area contributed by atoms with Gasteiger partial charge in [-0.05, 0) is 32.4 Å². The lowest BCUT2D eigenvalue weighted by atomic mass is 10.00. The summed E-state index contributed by atoms with van der Waals surface area (Å²) in [5.74, 6) is 0. The standard InChI is InChI=1S/C13H20N2O/c1-10-6-7-11(9-15-10)13(16)12-5-3-2-4-8-14-12/h6-7,9,12-14,16H,2-5,8H2,1H3. The summed E-state index contributed by atoms with van der Waals surface area (Å²) in [6, 6.07) is 4.11. The van der Waals surface area contributed by atoms with Crippen LogP contribution in [0.4, 0.5) is 0 Å². The van der Waals surface area contributed by atoms with Crippen molar-refractivity contribution >= 4 is 0 Å². The Balaban J connectivity index is 2.04. The molecule has 2 unspecified atom stereocenters. The Morgan fingerprint density at radius 1 is 1.38 bits per heavy atom. The van der Waals surface area contributed by atoms with Crippen LogP contribution in [0.15, 0.2) is 18.3 Å². The molecule has 0 saturated carbocycles. The third-order valence-corrected chi connectivity index (χ3v) is 3.26. The monoisotopic (exact) mass is 220 g/mol. The van der Waals surface area contributed by atoms with Crippen LogP contribution in [-0.2, 0) is 0 Å². The smallest absolute Gasteiger partial charge is 0.0957 e. The molecule has 2 atom stereocenters. The van der Waals surface area contributed by atoms with Gasteiger partial charge in [-0.1, -0.05) is 18.9 Å². The second-order valence-corrected chi connectivity index (χ2v) is 4.59. The van der Waals surface area contributed by atoms with Crippen LogP contribution in [0.5, 0.6) is 0 Å². The second-order valence-electron chi connectivity index (χ2n) is 4.59. The third-order valence-electron chi connectivity index (χ3n) is 3.26. The van der Waals surface area contributed by atoms with E-state index in [4.69, 9.17) is 0 Å². The second kappa shape index (κ2) is 5.41. The van der Waals surface area contributed by atoms with Crippen molar-refractivity contribution in [1.29, 1.82) is 0 Å². The van der Waals surface area contributed by atoms with Crippen LogP contribution in [0.1, 0.15) is 43.0 Å². The lowest BCUT2D eigenvalue weighted by Gasteiger charge is -2.22. The average Bonchev–Trinajstić information content (AvgIpc) is 2.57. The predicted molar refractivity (Wildman–Crippen MR) is 64.2 cm³/mol. The van der Waals surface area contributed by atoms with Crippen molar-refractivity contribution in [3.05, 3.63) is 29.6 Å². The lowest BCUT2D eigenvalue weighted by molar-refractivity contribution is 0.126. The van der Waals surface area contributed by atoms with Gasteiger partial charge in [0.25, 0.3) is 0 Å². The summed E-state index contributed by atoms with van der Waals surface area (Å²) in [5.41, 5.74) is 1.91. The van der Waals surface area contributed by atoms with Gasteiger partial charge in [-0.2, -0.15) is 0 Å². The largest absolute Gasteiger partial charge is 0.387 e. The number of pyridine rings is 1. The maximum Gasteiger partial charge on any atom is 0.0957 e. The van der Waals surface area contributed by atoms with Crippen LogP contribution in [0, 0.1) is 6.92 Å². The lowest BCUT2D eigenvalue weighted by Crippen LogP contribution is -2.34. The first kappa shape index (κ1) is 11.6. The minimum Gasteiger partial charge on any atom is -0.387 e. The van der Waals surface area contributed by atoms with Gasteiger partial charge >= 0.3 is 0 Å². The molecule has 0 aliphatic carbocycles. The molecular formula is C13H20N2O. The molecule has 2 N–H and O–H groups in total. The molecule has 0 bridgehead atoms. The zero-order chi connectivity index (χ0) is 11.4. The SMILES string of the molecule is Cc1ccc(C(O)C2CCCCCN2)cn1. The van der Waals surface area contributed by atoms with Gasteiger partial charge in [0.2, 0.25) is 0 Å². The molecule has 0 aromatic carbocycles. The fourth-order valence-electron chi connectivity index (χ4n) is 2.21. The van der Waals surface area contributed by atoms with Crippen LogP contribution in [-0.4, -0.2) is 22.7 Å². The highest BCUT2D eigenvalue weighted by atomic mass is 16.3. The van der Waals surface area contributed by atoms with Gasteiger partial charge in [0, 0.05) is 23.5 Å². The summed E-state index contributed by atoms with van der Waals surface area (Å²) in [6.45, 7) is 2.97. The van der Waals surface area contributed by atoms with E-state index in [9.17, 15) is 5.11 Å². The van der Waals surface area contributed by atoms with E-state index in [1.165, 1.54) is 19.3 Å². The molecule has 1 saturated heterocycles. The molecule has 2 heterocycles. The quantitative estimate of drug-likeness (QED) is 0.800. The minimum atomic E-state index is -0.425. The van der Waals surface area contributed by atoms with Gasteiger partial charge in [0.05, 0.1) is 6.10 Å². The molecule has 88 valence electrons. The van der Waals surface area contributed by atoms with Gasteiger partial charge in [0.15, 0.2) is 0 Å². The van der Waals surface area contributed by atoms with Crippen molar-refractivity contribution in [3.63, 3.8) is 0 Å². The van der Waals surface area contributed by atoms with Crippen molar-refractivity contribution in [2.45, 2.75) is 44.8 Å². The Morgan fingerprint density at radius 3 is 3.00 bits per heavy atom. The van der Waals surface area contributed by atoms with E-state index < -0.39 is 6.10 Å². The summed E-state index contributed by atoms with van der Waals surface area (Å²) < 4.78 is 0. The van der Waals surface area contributed by atoms with Crippen molar-refractivity contribution < 1.29 is 5.11 Å². The Labute approximate surface area is 96.9 Å². The van der Waals surface area contributed by atoms with E-state index in [1.807, 2.05) is 19.1 Å². The molecule has 16 heavy (non-hydrogen) atoms. The van der Waals surface area contributed by atoms with Crippen LogP contribution in [0.2, 0.25) is 0 Å². The van der Waals surface area contributed by atoms with E-state index in [2.05, 4.69) is 10.3 Å². The predicted octanol–water partition coefficient (Wildman–Crippen LogP) is 1.96. The number of aliphatic hydroxyl groups is 1. The molecule has 1 aromatic rings. The highest BCUT2D eigenvalue weighted by Gasteiger charge is 2.21. The number of aliphatic hydroxyl groups excluding tert-OH is 1. The number of hydrogen-bond acceptors (Lipinski definition) is 3. The average molecular weight is 220 g/mol. The molecule has 1 fully saturated rings. The molecule has 3 heteroatoms. The highest BCUT2D eigenvalue weighted by Crippen LogP contribution is 2.22. The highest BCUT2D eigenvalue weighted by molar-refractivity contribution is 5.17. The summed E-state index contributed by atoms with van der Waals surface area (Å²) in [7, 11) is 0. The van der Waals surface area contributed by atoms with Crippen LogP contribution < -0.4 is 5.32 Å². The number of aryl methyl sites for hydroxylation is 1. The molecule has 0 amide bonds. The third kappa shape index (κ3) is 2.80. The number of hydrogen-bond donors (Lipinski definition) is 2. The first-order chi connectivity index (χ1) is 7.77. The molecule has 0 spiro atoms. The van der Waals surface area contributed by atoms with E-state index >= 15 is 0 Å². The summed E-state index contributed by atoms with van der Waals surface area (Å²) >= 11 is 0. The molecule has 2 rings (SSSR count). The molecule has 0 radical (unpaired) electrons. The first-order valence-electron chi connectivity index (χ1n) is 6.11. The first-order valence-corrected chi connectivity index (χ1v) is 6.11. The number of rotatable bonds is 2. The summed E-state index contributed by atoms with van der Waals surface area (Å²) in [4.78, 5) is 4.23. The Bertz CT molecular complexity index is 315. The Kier molecular flexibility index (Phi) is 3.91. The van der Waals surface area contributed by atoms with Crippen LogP contribution in [0.25, 0.3) is 0 Å². The van der Waals surface area contributed by atoms with Gasteiger partial charge in [-0.3, -0.25) is 4.98 Å². The summed E-state index contributed by atoms with van der Waals surface area (Å²) in [6.07, 6.45) is 6.10. The van der Waals surface area contributed by atoms with Gasteiger partial charge < -0.3 is 10.4 Å². The Morgan fingerprint density at radius 2 is 2.25 bits per heavy atom. The fourth-order valence-corrected chi connectivity index (χ4v) is 2.21. The number of nitrogens with zero attached hydrogens (tertiary/aromatic N) is 1. The molecule has 1 aromatic heterocycles. The number of aromatic nitrogens is 1. The molecule has 3 nitrogen and oxygen atoms in total. The van der Waals surface area contributed by atoms with E-state index in [0.29, 0.717) is 0 Å². The fraction of sp³-hybridized carbons (Fsp3) is 0.615. The van der Waals surface area contributed by atoms with E-state index in [1.54, 1.807) is 6.20 Å². The van der Waals surface area contributed by atoms with Crippen molar-refractivity contribution in [3.8, 4) is 0 Å². The van der Waals surface area contributed by atoms with Gasteiger partial charge in [0.1, 0.15) is 0 Å². The minimum absolute atomic E-state index is 0.187. The van der Waals surface area contributed by atoms with E-state index in [-0.39, 0.29) is 6.04 Å². The van der Waals surface area contributed by atoms with Crippen molar-refractivity contribution in [2.24, 2.45) is 0 Å². The molecule has 1 aliphatic rings. The summed E-state index contributed by atoms with van der Waals surface area (Å²) in [5, 5.41) is 13.7.